The number of nitrogens with one attached hydrogen (secondary N) is 1. The molecular formula is C15H10F3N3O. The third kappa shape index (κ3) is 2.76. The van der Waals surface area contributed by atoms with Crippen molar-refractivity contribution in [3.63, 3.8) is 0 Å². The predicted octanol–water partition coefficient (Wildman–Crippen LogP) is 3.00. The van der Waals surface area contributed by atoms with Crippen LogP contribution in [0.5, 0.6) is 0 Å². The highest BCUT2D eigenvalue weighted by Gasteiger charge is 2.35. The van der Waals surface area contributed by atoms with Crippen molar-refractivity contribution < 1.29 is 18.0 Å². The molecule has 1 aromatic heterocycles. The number of pyridine rings is 1. The summed E-state index contributed by atoms with van der Waals surface area (Å²) in [5.74, 6) is -0.461. The van der Waals surface area contributed by atoms with Crippen molar-refractivity contribution in [1.29, 1.82) is 5.26 Å². The van der Waals surface area contributed by atoms with Crippen LogP contribution in [0.1, 0.15) is 21.5 Å². The van der Waals surface area contributed by atoms with Gasteiger partial charge in [-0.1, -0.05) is 18.2 Å². The van der Waals surface area contributed by atoms with E-state index in [0.717, 1.165) is 6.20 Å². The molecule has 0 spiro atoms. The fourth-order valence-electron chi connectivity index (χ4n) is 2.05. The van der Waals surface area contributed by atoms with Gasteiger partial charge >= 0.3 is 6.18 Å². The van der Waals surface area contributed by atoms with E-state index in [0.29, 0.717) is 6.20 Å². The lowest BCUT2D eigenvalue weighted by atomic mass is 9.94. The van der Waals surface area contributed by atoms with Crippen LogP contribution >= 0.6 is 0 Å². The molecular weight excluding hydrogens is 295 g/mol. The second-order valence-electron chi connectivity index (χ2n) is 4.34. The van der Waals surface area contributed by atoms with Gasteiger partial charge in [-0.15, -0.1) is 0 Å². The van der Waals surface area contributed by atoms with Gasteiger partial charge in [0.25, 0.3) is 5.91 Å². The number of carbonyl (C=O) groups is 1. The summed E-state index contributed by atoms with van der Waals surface area (Å²) in [5, 5.41) is 11.5. The van der Waals surface area contributed by atoms with Gasteiger partial charge in [0.1, 0.15) is 6.07 Å². The van der Waals surface area contributed by atoms with Crippen molar-refractivity contribution in [3.8, 4) is 17.2 Å². The van der Waals surface area contributed by atoms with Gasteiger partial charge in [0.15, 0.2) is 0 Å². The van der Waals surface area contributed by atoms with E-state index in [4.69, 9.17) is 5.26 Å². The third-order valence-corrected chi connectivity index (χ3v) is 3.05. The van der Waals surface area contributed by atoms with E-state index in [1.165, 1.54) is 19.2 Å². The number of alkyl halides is 3. The summed E-state index contributed by atoms with van der Waals surface area (Å²) in [6.45, 7) is 0. The first kappa shape index (κ1) is 15.5. The van der Waals surface area contributed by atoms with E-state index in [1.54, 1.807) is 18.2 Å². The molecule has 0 atom stereocenters. The van der Waals surface area contributed by atoms with E-state index >= 15 is 0 Å². The van der Waals surface area contributed by atoms with Crippen LogP contribution in [-0.4, -0.2) is 17.9 Å². The highest BCUT2D eigenvalue weighted by atomic mass is 19.4. The summed E-state index contributed by atoms with van der Waals surface area (Å²) >= 11 is 0. The van der Waals surface area contributed by atoms with Crippen molar-refractivity contribution in [2.45, 2.75) is 6.18 Å². The number of rotatable bonds is 2. The Morgan fingerprint density at radius 1 is 1.23 bits per heavy atom. The smallest absolute Gasteiger partial charge is 0.355 e. The zero-order valence-corrected chi connectivity index (χ0v) is 11.4. The van der Waals surface area contributed by atoms with Gasteiger partial charge in [-0.3, -0.25) is 9.78 Å². The molecule has 0 aliphatic carbocycles. The first-order valence-corrected chi connectivity index (χ1v) is 6.17. The lowest BCUT2D eigenvalue weighted by molar-refractivity contribution is -0.138. The van der Waals surface area contributed by atoms with E-state index in [1.807, 2.05) is 0 Å². The lowest BCUT2D eigenvalue weighted by Crippen LogP contribution is -2.19. The Balaban J connectivity index is 2.75. The number of aromatic nitrogens is 1. The molecule has 4 nitrogen and oxygen atoms in total. The van der Waals surface area contributed by atoms with Crippen LogP contribution in [0.2, 0.25) is 0 Å². The molecule has 2 rings (SSSR count). The molecule has 2 aromatic rings. The normalized spacial score (nSPS) is 10.9. The molecule has 1 amide bonds. The molecule has 7 heteroatoms. The minimum Gasteiger partial charge on any atom is -0.355 e. The largest absolute Gasteiger partial charge is 0.419 e. The third-order valence-electron chi connectivity index (χ3n) is 3.05. The fraction of sp³-hybridized carbons (Fsp3) is 0.133. The Hall–Kier alpha value is -2.88. The fourth-order valence-corrected chi connectivity index (χ4v) is 2.05. The number of amides is 1. The SMILES string of the molecule is CNC(=O)c1ccccc1-c1cncc(C(F)(F)F)c1C#N. The van der Waals surface area contributed by atoms with E-state index < -0.39 is 23.2 Å². The van der Waals surface area contributed by atoms with Gasteiger partial charge in [0.05, 0.1) is 11.1 Å². The molecule has 0 aliphatic rings. The molecule has 0 radical (unpaired) electrons. The van der Waals surface area contributed by atoms with Crippen LogP contribution in [0.3, 0.4) is 0 Å². The van der Waals surface area contributed by atoms with Gasteiger partial charge in [0, 0.05) is 30.6 Å². The number of carbonyl (C=O) groups excluding carboxylic acids is 1. The average molecular weight is 305 g/mol. The molecule has 22 heavy (non-hydrogen) atoms. The zero-order chi connectivity index (χ0) is 16.3. The zero-order valence-electron chi connectivity index (χ0n) is 11.4. The van der Waals surface area contributed by atoms with Crippen LogP contribution in [0.4, 0.5) is 13.2 Å². The summed E-state index contributed by atoms with van der Waals surface area (Å²) in [4.78, 5) is 15.4. The first-order chi connectivity index (χ1) is 10.4. The first-order valence-electron chi connectivity index (χ1n) is 6.17. The molecule has 112 valence electrons. The minimum absolute atomic E-state index is 0.0310. The van der Waals surface area contributed by atoms with Crippen molar-refractivity contribution >= 4 is 5.91 Å². The number of hydrogen-bond acceptors (Lipinski definition) is 3. The number of halogens is 3. The lowest BCUT2D eigenvalue weighted by Gasteiger charge is -2.13. The van der Waals surface area contributed by atoms with Crippen LogP contribution in [0, 0.1) is 11.3 Å². The molecule has 0 saturated heterocycles. The topological polar surface area (TPSA) is 65.8 Å². The average Bonchev–Trinajstić information content (AvgIpc) is 2.52. The molecule has 1 heterocycles. The Bertz CT molecular complexity index is 763. The predicted molar refractivity (Wildman–Crippen MR) is 72.8 cm³/mol. The van der Waals surface area contributed by atoms with Crippen molar-refractivity contribution in [1.82, 2.24) is 10.3 Å². The van der Waals surface area contributed by atoms with Crippen molar-refractivity contribution in [2.75, 3.05) is 7.05 Å². The number of nitriles is 1. The van der Waals surface area contributed by atoms with Crippen LogP contribution in [0.25, 0.3) is 11.1 Å². The Kier molecular flexibility index (Phi) is 4.13. The molecule has 0 fully saturated rings. The summed E-state index contributed by atoms with van der Waals surface area (Å²) in [5.41, 5.74) is -1.32. The van der Waals surface area contributed by atoms with Crippen LogP contribution < -0.4 is 5.32 Å². The van der Waals surface area contributed by atoms with Gasteiger partial charge in [-0.05, 0) is 11.6 Å². The second-order valence-corrected chi connectivity index (χ2v) is 4.34. The van der Waals surface area contributed by atoms with Gasteiger partial charge < -0.3 is 5.32 Å². The molecule has 0 bridgehead atoms. The van der Waals surface area contributed by atoms with E-state index in [9.17, 15) is 18.0 Å². The maximum atomic E-state index is 13.0. The van der Waals surface area contributed by atoms with E-state index in [-0.39, 0.29) is 16.7 Å². The summed E-state index contributed by atoms with van der Waals surface area (Å²) < 4.78 is 39.0. The monoisotopic (exact) mass is 305 g/mol. The van der Waals surface area contributed by atoms with Gasteiger partial charge in [-0.25, -0.2) is 0 Å². The molecule has 0 aliphatic heterocycles. The quantitative estimate of drug-likeness (QED) is 0.927. The molecule has 0 saturated carbocycles. The summed E-state index contributed by atoms with van der Waals surface area (Å²) in [7, 11) is 1.41. The molecule has 0 unspecified atom stereocenters. The molecule has 1 N–H and O–H groups in total. The summed E-state index contributed by atoms with van der Waals surface area (Å²) in [6.07, 6.45) is -2.95. The molecule has 1 aromatic carbocycles. The standard InChI is InChI=1S/C15H10F3N3O/c1-20-14(22)10-5-3-2-4-9(10)12-7-21-8-13(11(12)6-19)15(16,17)18/h2-5,7-8H,1H3,(H,20,22). The highest BCUT2D eigenvalue weighted by Crippen LogP contribution is 2.36. The van der Waals surface area contributed by atoms with Crippen LogP contribution in [0.15, 0.2) is 36.7 Å². The van der Waals surface area contributed by atoms with Crippen LogP contribution in [-0.2, 0) is 6.18 Å². The highest BCUT2D eigenvalue weighted by molar-refractivity contribution is 6.01. The number of hydrogen-bond donors (Lipinski definition) is 1. The second kappa shape index (κ2) is 5.85. The number of nitrogens with zero attached hydrogens (tertiary/aromatic N) is 2. The minimum atomic E-state index is -4.70. The number of benzene rings is 1. The Morgan fingerprint density at radius 3 is 2.50 bits per heavy atom. The maximum Gasteiger partial charge on any atom is 0.419 e. The van der Waals surface area contributed by atoms with Gasteiger partial charge in [0.2, 0.25) is 0 Å². The maximum absolute atomic E-state index is 13.0. The Morgan fingerprint density at radius 2 is 1.91 bits per heavy atom. The Labute approximate surface area is 124 Å². The van der Waals surface area contributed by atoms with Crippen molar-refractivity contribution in [2.24, 2.45) is 0 Å². The van der Waals surface area contributed by atoms with Gasteiger partial charge in [-0.2, -0.15) is 18.4 Å². The van der Waals surface area contributed by atoms with Crippen molar-refractivity contribution in [3.05, 3.63) is 53.3 Å². The van der Waals surface area contributed by atoms with E-state index in [2.05, 4.69) is 10.3 Å². The summed E-state index contributed by atoms with van der Waals surface area (Å²) in [6, 6.07) is 7.66.